The van der Waals surface area contributed by atoms with Crippen LogP contribution >= 0.6 is 0 Å². The lowest BCUT2D eigenvalue weighted by molar-refractivity contribution is 0.112. The number of methoxy groups -OCH3 is 3. The van der Waals surface area contributed by atoms with Gasteiger partial charge in [0, 0.05) is 5.56 Å². The first-order valence-corrected chi connectivity index (χ1v) is 6.68. The fourth-order valence-corrected chi connectivity index (χ4v) is 2.06. The zero-order chi connectivity index (χ0) is 15.9. The van der Waals surface area contributed by atoms with E-state index in [2.05, 4.69) is 0 Å². The molecular formula is C17H18O5. The van der Waals surface area contributed by atoms with Crippen molar-refractivity contribution in [3.8, 4) is 23.0 Å². The number of benzene rings is 2. The number of rotatable bonds is 7. The summed E-state index contributed by atoms with van der Waals surface area (Å²) in [5.74, 6) is 2.30. The van der Waals surface area contributed by atoms with Crippen LogP contribution in [-0.2, 0) is 6.61 Å². The molecule has 0 spiro atoms. The summed E-state index contributed by atoms with van der Waals surface area (Å²) in [6, 6.07) is 10.6. The van der Waals surface area contributed by atoms with E-state index in [4.69, 9.17) is 18.9 Å². The highest BCUT2D eigenvalue weighted by Crippen LogP contribution is 2.38. The molecule has 0 heterocycles. The van der Waals surface area contributed by atoms with Gasteiger partial charge in [0.25, 0.3) is 0 Å². The van der Waals surface area contributed by atoms with Gasteiger partial charge in [0.15, 0.2) is 11.5 Å². The molecular weight excluding hydrogens is 284 g/mol. The van der Waals surface area contributed by atoms with Crippen molar-refractivity contribution in [2.45, 2.75) is 6.61 Å². The Kier molecular flexibility index (Phi) is 5.25. The third-order valence-corrected chi connectivity index (χ3v) is 3.12. The molecule has 0 aliphatic carbocycles. The van der Waals surface area contributed by atoms with Crippen LogP contribution < -0.4 is 18.9 Å². The molecule has 0 fully saturated rings. The molecule has 2 aromatic carbocycles. The minimum absolute atomic E-state index is 0.318. The Morgan fingerprint density at radius 1 is 0.955 bits per heavy atom. The highest BCUT2D eigenvalue weighted by atomic mass is 16.5. The first kappa shape index (κ1) is 15.7. The van der Waals surface area contributed by atoms with Crippen molar-refractivity contribution in [3.05, 3.63) is 47.5 Å². The van der Waals surface area contributed by atoms with Crippen LogP contribution in [0.25, 0.3) is 0 Å². The standard InChI is InChI=1S/C17H18O5/c1-19-15-8-13(9-16(20-2)17(15)21-3)11-22-14-6-4-5-12(7-14)10-18/h4-10H,11H2,1-3H3. The molecule has 0 atom stereocenters. The minimum Gasteiger partial charge on any atom is -0.493 e. The number of aldehydes is 1. The van der Waals surface area contributed by atoms with Crippen LogP contribution in [0.1, 0.15) is 15.9 Å². The quantitative estimate of drug-likeness (QED) is 0.736. The van der Waals surface area contributed by atoms with Gasteiger partial charge in [-0.2, -0.15) is 0 Å². The lowest BCUT2D eigenvalue weighted by Crippen LogP contribution is -2.00. The summed E-state index contributed by atoms with van der Waals surface area (Å²) >= 11 is 0. The SMILES string of the molecule is COc1cc(COc2cccc(C=O)c2)cc(OC)c1OC. The maximum atomic E-state index is 10.8. The number of hydrogen-bond donors (Lipinski definition) is 0. The second-order valence-corrected chi connectivity index (χ2v) is 4.51. The van der Waals surface area contributed by atoms with Crippen molar-refractivity contribution in [1.82, 2.24) is 0 Å². The van der Waals surface area contributed by atoms with Gasteiger partial charge in [-0.25, -0.2) is 0 Å². The molecule has 0 saturated carbocycles. The van der Waals surface area contributed by atoms with Crippen molar-refractivity contribution in [1.29, 1.82) is 0 Å². The number of ether oxygens (including phenoxy) is 4. The number of hydrogen-bond acceptors (Lipinski definition) is 5. The van der Waals surface area contributed by atoms with Crippen LogP contribution in [-0.4, -0.2) is 27.6 Å². The molecule has 116 valence electrons. The maximum Gasteiger partial charge on any atom is 0.203 e. The van der Waals surface area contributed by atoms with Gasteiger partial charge in [-0.3, -0.25) is 4.79 Å². The Balaban J connectivity index is 2.20. The largest absolute Gasteiger partial charge is 0.493 e. The van der Waals surface area contributed by atoms with Gasteiger partial charge in [0.1, 0.15) is 18.6 Å². The van der Waals surface area contributed by atoms with Gasteiger partial charge in [-0.05, 0) is 29.8 Å². The molecule has 0 bridgehead atoms. The Hall–Kier alpha value is -2.69. The first-order valence-electron chi connectivity index (χ1n) is 6.68. The molecule has 0 saturated heterocycles. The first-order chi connectivity index (χ1) is 10.7. The summed E-state index contributed by atoms with van der Waals surface area (Å²) in [7, 11) is 4.69. The average molecular weight is 302 g/mol. The highest BCUT2D eigenvalue weighted by Gasteiger charge is 2.13. The third kappa shape index (κ3) is 3.49. The zero-order valence-electron chi connectivity index (χ0n) is 12.8. The monoisotopic (exact) mass is 302 g/mol. The summed E-state index contributed by atoms with van der Waals surface area (Å²) in [5.41, 5.74) is 1.44. The number of carbonyl (C=O) groups is 1. The summed E-state index contributed by atoms with van der Waals surface area (Å²) in [4.78, 5) is 10.8. The van der Waals surface area contributed by atoms with E-state index >= 15 is 0 Å². The van der Waals surface area contributed by atoms with Crippen molar-refractivity contribution in [3.63, 3.8) is 0 Å². The topological polar surface area (TPSA) is 54.0 Å². The Labute approximate surface area is 129 Å². The summed E-state index contributed by atoms with van der Waals surface area (Å²) < 4.78 is 21.6. The lowest BCUT2D eigenvalue weighted by Gasteiger charge is -2.14. The van der Waals surface area contributed by atoms with E-state index in [0.717, 1.165) is 11.8 Å². The van der Waals surface area contributed by atoms with Gasteiger partial charge in [-0.1, -0.05) is 12.1 Å². The van der Waals surface area contributed by atoms with E-state index in [1.54, 1.807) is 45.6 Å². The van der Waals surface area contributed by atoms with Gasteiger partial charge in [-0.15, -0.1) is 0 Å². The van der Waals surface area contributed by atoms with Gasteiger partial charge >= 0.3 is 0 Å². The van der Waals surface area contributed by atoms with Crippen LogP contribution in [0.5, 0.6) is 23.0 Å². The fourth-order valence-electron chi connectivity index (χ4n) is 2.06. The lowest BCUT2D eigenvalue weighted by atomic mass is 10.2. The van der Waals surface area contributed by atoms with Gasteiger partial charge < -0.3 is 18.9 Å². The predicted octanol–water partition coefficient (Wildman–Crippen LogP) is 3.10. The Morgan fingerprint density at radius 3 is 2.18 bits per heavy atom. The van der Waals surface area contributed by atoms with Crippen LogP contribution in [0.2, 0.25) is 0 Å². The van der Waals surface area contributed by atoms with E-state index in [1.165, 1.54) is 0 Å². The normalized spacial score (nSPS) is 9.95. The fraction of sp³-hybridized carbons (Fsp3) is 0.235. The molecule has 0 aliphatic rings. The van der Waals surface area contributed by atoms with E-state index in [9.17, 15) is 4.79 Å². The smallest absolute Gasteiger partial charge is 0.203 e. The second-order valence-electron chi connectivity index (χ2n) is 4.51. The molecule has 0 aromatic heterocycles. The second kappa shape index (κ2) is 7.36. The molecule has 22 heavy (non-hydrogen) atoms. The Morgan fingerprint density at radius 2 is 1.64 bits per heavy atom. The highest BCUT2D eigenvalue weighted by molar-refractivity contribution is 5.75. The zero-order valence-corrected chi connectivity index (χ0v) is 12.8. The van der Waals surface area contributed by atoms with E-state index in [0.29, 0.717) is 35.2 Å². The summed E-state index contributed by atoms with van der Waals surface area (Å²) in [6.45, 7) is 0.318. The van der Waals surface area contributed by atoms with Crippen LogP contribution in [0.4, 0.5) is 0 Å². The molecule has 5 nitrogen and oxygen atoms in total. The van der Waals surface area contributed by atoms with E-state index in [-0.39, 0.29) is 0 Å². The van der Waals surface area contributed by atoms with Crippen molar-refractivity contribution < 1.29 is 23.7 Å². The molecule has 2 aromatic rings. The molecule has 2 rings (SSSR count). The maximum absolute atomic E-state index is 10.8. The van der Waals surface area contributed by atoms with Crippen LogP contribution in [0, 0.1) is 0 Å². The predicted molar refractivity (Wildman–Crippen MR) is 82.3 cm³/mol. The molecule has 0 unspecified atom stereocenters. The molecule has 0 amide bonds. The third-order valence-electron chi connectivity index (χ3n) is 3.12. The van der Waals surface area contributed by atoms with Crippen LogP contribution in [0.15, 0.2) is 36.4 Å². The van der Waals surface area contributed by atoms with Crippen LogP contribution in [0.3, 0.4) is 0 Å². The van der Waals surface area contributed by atoms with Crippen molar-refractivity contribution >= 4 is 6.29 Å². The van der Waals surface area contributed by atoms with Gasteiger partial charge in [0.05, 0.1) is 21.3 Å². The Bertz CT molecular complexity index is 626. The van der Waals surface area contributed by atoms with Crippen molar-refractivity contribution in [2.75, 3.05) is 21.3 Å². The van der Waals surface area contributed by atoms with Gasteiger partial charge in [0.2, 0.25) is 5.75 Å². The van der Waals surface area contributed by atoms with E-state index in [1.807, 2.05) is 12.1 Å². The van der Waals surface area contributed by atoms with E-state index < -0.39 is 0 Å². The molecule has 0 N–H and O–H groups in total. The molecule has 0 aliphatic heterocycles. The number of carbonyl (C=O) groups excluding carboxylic acids is 1. The average Bonchev–Trinajstić information content (AvgIpc) is 2.58. The summed E-state index contributed by atoms with van der Waals surface area (Å²) in [6.07, 6.45) is 0.784. The van der Waals surface area contributed by atoms with Crippen molar-refractivity contribution in [2.24, 2.45) is 0 Å². The minimum atomic E-state index is 0.318. The summed E-state index contributed by atoms with van der Waals surface area (Å²) in [5, 5.41) is 0. The molecule has 5 heteroatoms. The molecule has 0 radical (unpaired) electrons.